The maximum Gasteiger partial charge on any atom is 0.252 e. The van der Waals surface area contributed by atoms with E-state index >= 15 is 0 Å². The molecule has 22 heavy (non-hydrogen) atoms. The lowest BCUT2D eigenvalue weighted by Gasteiger charge is -2.13. The van der Waals surface area contributed by atoms with Gasteiger partial charge in [0.2, 0.25) is 0 Å². The second-order valence-corrected chi connectivity index (χ2v) is 4.91. The Morgan fingerprint density at radius 1 is 1.18 bits per heavy atom. The topological polar surface area (TPSA) is 100 Å². The number of hydrogen-bond donors (Lipinski definition) is 2. The Bertz CT molecular complexity index is 686. The molecule has 0 saturated carbocycles. The number of amides is 1. The van der Waals surface area contributed by atoms with Gasteiger partial charge in [-0.2, -0.15) is 0 Å². The third kappa shape index (κ3) is 3.39. The Labute approximate surface area is 129 Å². The summed E-state index contributed by atoms with van der Waals surface area (Å²) in [4.78, 5) is 15.6. The zero-order valence-corrected chi connectivity index (χ0v) is 12.9. The van der Waals surface area contributed by atoms with Crippen LogP contribution in [0.2, 0.25) is 0 Å². The molecule has 4 N–H and O–H groups in total. The van der Waals surface area contributed by atoms with Crippen molar-refractivity contribution in [3.05, 3.63) is 23.8 Å². The molecule has 0 unspecified atom stereocenters. The summed E-state index contributed by atoms with van der Waals surface area (Å²) in [5, 5.41) is 0.731. The number of nitrogens with zero attached hydrogens (tertiary/aromatic N) is 1. The number of fused-ring (bicyclic) bond motifs is 1. The molecule has 1 heterocycles. The van der Waals surface area contributed by atoms with E-state index in [9.17, 15) is 4.79 Å². The van der Waals surface area contributed by atoms with Crippen molar-refractivity contribution < 1.29 is 14.3 Å². The van der Waals surface area contributed by atoms with Gasteiger partial charge in [0.05, 0.1) is 24.3 Å². The molecule has 1 amide bonds. The smallest absolute Gasteiger partial charge is 0.252 e. The average Bonchev–Trinajstić information content (AvgIpc) is 2.47. The number of hydrogen-bond acceptors (Lipinski definition) is 5. The Morgan fingerprint density at radius 2 is 1.91 bits per heavy atom. The van der Waals surface area contributed by atoms with E-state index in [2.05, 4.69) is 11.9 Å². The number of nitrogens with two attached hydrogens (primary N) is 2. The van der Waals surface area contributed by atoms with E-state index in [0.29, 0.717) is 30.2 Å². The Hall–Kier alpha value is -2.50. The Balaban J connectivity index is 2.48. The molecular formula is C16H21N3O3. The van der Waals surface area contributed by atoms with Gasteiger partial charge in [0.15, 0.2) is 11.5 Å². The Kier molecular flexibility index (Phi) is 5.04. The fraction of sp³-hybridized carbons (Fsp3) is 0.375. The standard InChI is InChI=1S/C16H21N3O3/c1-3-5-6-22-14-9-12-10(8-13(14)21-4-2)7-11(16(18)20)15(17)19-12/h7-9H,3-6H2,1-2H3,(H2,17,19)(H2,18,20). The summed E-state index contributed by atoms with van der Waals surface area (Å²) in [6.07, 6.45) is 2.00. The van der Waals surface area contributed by atoms with E-state index in [4.69, 9.17) is 20.9 Å². The molecule has 2 rings (SSSR count). The van der Waals surface area contributed by atoms with E-state index in [0.717, 1.165) is 18.2 Å². The van der Waals surface area contributed by atoms with Crippen LogP contribution in [0.3, 0.4) is 0 Å². The van der Waals surface area contributed by atoms with Crippen LogP contribution in [0.4, 0.5) is 5.82 Å². The molecule has 0 aliphatic rings. The summed E-state index contributed by atoms with van der Waals surface area (Å²) in [5.41, 5.74) is 11.9. The fourth-order valence-corrected chi connectivity index (χ4v) is 2.10. The van der Waals surface area contributed by atoms with E-state index in [1.807, 2.05) is 6.92 Å². The van der Waals surface area contributed by atoms with Crippen molar-refractivity contribution in [1.29, 1.82) is 0 Å². The predicted molar refractivity (Wildman–Crippen MR) is 86.2 cm³/mol. The number of pyridine rings is 1. The highest BCUT2D eigenvalue weighted by atomic mass is 16.5. The minimum absolute atomic E-state index is 0.115. The number of primary amides is 1. The van der Waals surface area contributed by atoms with Gasteiger partial charge in [-0.05, 0) is 25.5 Å². The number of aromatic nitrogens is 1. The molecule has 0 spiro atoms. The molecule has 0 atom stereocenters. The predicted octanol–water partition coefficient (Wildman–Crippen LogP) is 2.49. The van der Waals surface area contributed by atoms with Crippen molar-refractivity contribution in [3.8, 4) is 11.5 Å². The second-order valence-electron chi connectivity index (χ2n) is 4.91. The first-order valence-electron chi connectivity index (χ1n) is 7.36. The van der Waals surface area contributed by atoms with Crippen LogP contribution in [0.1, 0.15) is 37.0 Å². The number of carbonyl (C=O) groups is 1. The molecule has 0 saturated heterocycles. The second kappa shape index (κ2) is 6.98. The average molecular weight is 303 g/mol. The third-order valence-corrected chi connectivity index (χ3v) is 3.23. The highest BCUT2D eigenvalue weighted by molar-refractivity contribution is 6.01. The lowest BCUT2D eigenvalue weighted by Crippen LogP contribution is -2.14. The molecule has 1 aromatic heterocycles. The SMILES string of the molecule is CCCCOc1cc2nc(N)c(C(N)=O)cc2cc1OCC. The van der Waals surface area contributed by atoms with Crippen molar-refractivity contribution in [1.82, 2.24) is 4.98 Å². The Morgan fingerprint density at radius 3 is 2.55 bits per heavy atom. The maximum absolute atomic E-state index is 11.4. The summed E-state index contributed by atoms with van der Waals surface area (Å²) in [7, 11) is 0. The number of rotatable bonds is 7. The van der Waals surface area contributed by atoms with Gasteiger partial charge in [-0.25, -0.2) is 4.98 Å². The van der Waals surface area contributed by atoms with Gasteiger partial charge in [-0.1, -0.05) is 13.3 Å². The van der Waals surface area contributed by atoms with Crippen molar-refractivity contribution >= 4 is 22.6 Å². The molecule has 6 heteroatoms. The number of carbonyl (C=O) groups excluding carboxylic acids is 1. The lowest BCUT2D eigenvalue weighted by atomic mass is 10.1. The van der Waals surface area contributed by atoms with Gasteiger partial charge in [0.25, 0.3) is 5.91 Å². The van der Waals surface area contributed by atoms with Gasteiger partial charge < -0.3 is 20.9 Å². The monoisotopic (exact) mass is 303 g/mol. The van der Waals surface area contributed by atoms with Crippen LogP contribution in [-0.2, 0) is 0 Å². The molecule has 0 radical (unpaired) electrons. The van der Waals surface area contributed by atoms with Crippen molar-refractivity contribution in [2.45, 2.75) is 26.7 Å². The van der Waals surface area contributed by atoms with E-state index < -0.39 is 5.91 Å². The van der Waals surface area contributed by atoms with E-state index in [1.165, 1.54) is 0 Å². The van der Waals surface area contributed by atoms with Crippen molar-refractivity contribution in [2.75, 3.05) is 18.9 Å². The van der Waals surface area contributed by atoms with Crippen LogP contribution in [0.15, 0.2) is 18.2 Å². The molecular weight excluding hydrogens is 282 g/mol. The zero-order valence-electron chi connectivity index (χ0n) is 12.9. The molecule has 0 aliphatic heterocycles. The molecule has 2 aromatic rings. The number of ether oxygens (including phenoxy) is 2. The maximum atomic E-state index is 11.4. The largest absolute Gasteiger partial charge is 0.490 e. The first-order valence-corrected chi connectivity index (χ1v) is 7.36. The number of nitrogen functional groups attached to an aromatic ring is 1. The van der Waals surface area contributed by atoms with Crippen LogP contribution in [0.5, 0.6) is 11.5 Å². The van der Waals surface area contributed by atoms with Crippen LogP contribution in [0, 0.1) is 0 Å². The van der Waals surface area contributed by atoms with Gasteiger partial charge in [0.1, 0.15) is 5.82 Å². The van der Waals surface area contributed by atoms with Gasteiger partial charge in [-0.3, -0.25) is 4.79 Å². The van der Waals surface area contributed by atoms with E-state index in [-0.39, 0.29) is 11.4 Å². The highest BCUT2D eigenvalue weighted by Gasteiger charge is 2.13. The first-order chi connectivity index (χ1) is 10.6. The quantitative estimate of drug-likeness (QED) is 0.765. The van der Waals surface area contributed by atoms with Gasteiger partial charge in [0, 0.05) is 11.5 Å². The minimum Gasteiger partial charge on any atom is -0.490 e. The van der Waals surface area contributed by atoms with E-state index in [1.54, 1.807) is 18.2 Å². The molecule has 118 valence electrons. The summed E-state index contributed by atoms with van der Waals surface area (Å²) in [5.74, 6) is 0.756. The van der Waals surface area contributed by atoms with Crippen LogP contribution >= 0.6 is 0 Å². The van der Waals surface area contributed by atoms with Crippen LogP contribution in [-0.4, -0.2) is 24.1 Å². The van der Waals surface area contributed by atoms with Crippen molar-refractivity contribution in [3.63, 3.8) is 0 Å². The third-order valence-electron chi connectivity index (χ3n) is 3.23. The minimum atomic E-state index is -0.604. The molecule has 1 aromatic carbocycles. The highest BCUT2D eigenvalue weighted by Crippen LogP contribution is 2.33. The molecule has 0 aliphatic carbocycles. The lowest BCUT2D eigenvalue weighted by molar-refractivity contribution is 0.100. The first kappa shape index (κ1) is 15.9. The number of anilines is 1. The van der Waals surface area contributed by atoms with Gasteiger partial charge in [-0.15, -0.1) is 0 Å². The molecule has 0 bridgehead atoms. The molecule has 6 nitrogen and oxygen atoms in total. The van der Waals surface area contributed by atoms with Crippen LogP contribution < -0.4 is 20.9 Å². The number of unbranched alkanes of at least 4 members (excludes halogenated alkanes) is 1. The van der Waals surface area contributed by atoms with Crippen molar-refractivity contribution in [2.24, 2.45) is 5.73 Å². The normalized spacial score (nSPS) is 10.6. The summed E-state index contributed by atoms with van der Waals surface area (Å²) in [6.45, 7) is 5.12. The summed E-state index contributed by atoms with van der Waals surface area (Å²) in [6, 6.07) is 5.19. The number of benzene rings is 1. The summed E-state index contributed by atoms with van der Waals surface area (Å²) < 4.78 is 11.4. The van der Waals surface area contributed by atoms with Crippen LogP contribution in [0.25, 0.3) is 10.9 Å². The van der Waals surface area contributed by atoms with Gasteiger partial charge >= 0.3 is 0 Å². The molecule has 0 fully saturated rings. The fourth-order valence-electron chi connectivity index (χ4n) is 2.10. The zero-order chi connectivity index (χ0) is 16.1. The summed E-state index contributed by atoms with van der Waals surface area (Å²) >= 11 is 0.